The first-order valence-electron chi connectivity index (χ1n) is 5.47. The van der Waals surface area contributed by atoms with E-state index in [-0.39, 0.29) is 0 Å². The molecule has 2 nitrogen and oxygen atoms in total. The van der Waals surface area contributed by atoms with E-state index < -0.39 is 0 Å². The summed E-state index contributed by atoms with van der Waals surface area (Å²) in [5.74, 6) is 2.05. The highest BCUT2D eigenvalue weighted by atomic mass is 16.5. The molecule has 15 heavy (non-hydrogen) atoms. The Morgan fingerprint density at radius 1 is 1.20 bits per heavy atom. The van der Waals surface area contributed by atoms with Crippen LogP contribution >= 0.6 is 0 Å². The summed E-state index contributed by atoms with van der Waals surface area (Å²) in [6.45, 7) is 0. The largest absolute Gasteiger partial charge is 0.497 e. The third kappa shape index (κ3) is 1.32. The molecule has 0 N–H and O–H groups in total. The monoisotopic (exact) mass is 202 g/mol. The zero-order chi connectivity index (χ0) is 10.3. The molecule has 1 aliphatic carbocycles. The van der Waals surface area contributed by atoms with E-state index in [1.54, 1.807) is 7.11 Å². The van der Waals surface area contributed by atoms with Gasteiger partial charge in [-0.25, -0.2) is 0 Å². The van der Waals surface area contributed by atoms with Gasteiger partial charge in [0.15, 0.2) is 0 Å². The Balaban J connectivity index is 2.22. The van der Waals surface area contributed by atoms with Gasteiger partial charge in [0.25, 0.3) is 0 Å². The minimum absolute atomic E-state index is 0.869. The Morgan fingerprint density at radius 3 is 2.93 bits per heavy atom. The van der Waals surface area contributed by atoms with Crippen molar-refractivity contribution in [2.75, 3.05) is 7.11 Å². The number of ether oxygens (including phenoxy) is 1. The van der Waals surface area contributed by atoms with Crippen LogP contribution in [-0.2, 0) is 12.8 Å². The van der Waals surface area contributed by atoms with Crippen LogP contribution in [-0.4, -0.2) is 7.11 Å². The van der Waals surface area contributed by atoms with Crippen LogP contribution in [0.25, 0.3) is 11.0 Å². The van der Waals surface area contributed by atoms with E-state index in [4.69, 9.17) is 9.15 Å². The number of aryl methyl sites for hydroxylation is 2. The minimum Gasteiger partial charge on any atom is -0.497 e. The molecule has 2 aromatic rings. The smallest absolute Gasteiger partial charge is 0.138 e. The van der Waals surface area contributed by atoms with Gasteiger partial charge in [-0.1, -0.05) is 0 Å². The van der Waals surface area contributed by atoms with Crippen molar-refractivity contribution in [3.05, 3.63) is 29.5 Å². The summed E-state index contributed by atoms with van der Waals surface area (Å²) < 4.78 is 11.0. The average Bonchev–Trinajstić information content (AvgIpc) is 2.66. The zero-order valence-corrected chi connectivity index (χ0v) is 8.88. The highest BCUT2D eigenvalue weighted by molar-refractivity contribution is 5.83. The number of hydrogen-bond acceptors (Lipinski definition) is 2. The van der Waals surface area contributed by atoms with Gasteiger partial charge in [-0.15, -0.1) is 0 Å². The van der Waals surface area contributed by atoms with Crippen molar-refractivity contribution < 1.29 is 9.15 Å². The van der Waals surface area contributed by atoms with E-state index in [2.05, 4.69) is 6.07 Å². The molecule has 0 saturated heterocycles. The van der Waals surface area contributed by atoms with E-state index in [0.29, 0.717) is 0 Å². The van der Waals surface area contributed by atoms with E-state index in [1.807, 2.05) is 12.1 Å². The van der Waals surface area contributed by atoms with Crippen molar-refractivity contribution in [1.82, 2.24) is 0 Å². The van der Waals surface area contributed by atoms with Gasteiger partial charge in [-0.05, 0) is 31.4 Å². The van der Waals surface area contributed by atoms with Crippen LogP contribution in [0.4, 0.5) is 0 Å². The number of methoxy groups -OCH3 is 1. The van der Waals surface area contributed by atoms with Gasteiger partial charge in [0.05, 0.1) is 7.11 Å². The molecule has 1 aromatic carbocycles. The van der Waals surface area contributed by atoms with Crippen LogP contribution in [0.3, 0.4) is 0 Å². The van der Waals surface area contributed by atoms with Crippen molar-refractivity contribution >= 4 is 11.0 Å². The number of furan rings is 1. The number of fused-ring (bicyclic) bond motifs is 3. The first-order chi connectivity index (χ1) is 7.38. The molecular weight excluding hydrogens is 188 g/mol. The molecule has 0 bridgehead atoms. The van der Waals surface area contributed by atoms with E-state index in [1.165, 1.54) is 29.6 Å². The summed E-state index contributed by atoms with van der Waals surface area (Å²) in [4.78, 5) is 0. The van der Waals surface area contributed by atoms with Crippen molar-refractivity contribution in [2.24, 2.45) is 0 Å². The Kier molecular flexibility index (Phi) is 1.94. The van der Waals surface area contributed by atoms with Crippen LogP contribution in [0.15, 0.2) is 22.6 Å². The molecular formula is C13H14O2. The average molecular weight is 202 g/mol. The lowest BCUT2D eigenvalue weighted by Gasteiger charge is -2.08. The Labute approximate surface area is 88.8 Å². The summed E-state index contributed by atoms with van der Waals surface area (Å²) in [7, 11) is 1.68. The highest BCUT2D eigenvalue weighted by Gasteiger charge is 2.17. The lowest BCUT2D eigenvalue weighted by Crippen LogP contribution is -1.98. The fourth-order valence-electron chi connectivity index (χ4n) is 2.37. The lowest BCUT2D eigenvalue weighted by molar-refractivity contribution is 0.414. The van der Waals surface area contributed by atoms with Crippen molar-refractivity contribution in [2.45, 2.75) is 25.7 Å². The Morgan fingerprint density at radius 2 is 2.07 bits per heavy atom. The quantitative estimate of drug-likeness (QED) is 0.707. The standard InChI is InChI=1S/C13H14O2/c1-14-9-6-7-11-10-4-2-3-5-12(10)15-13(11)8-9/h6-8H,2-5H2,1H3. The SMILES string of the molecule is COc1ccc2c3c(oc2c1)CCCC3. The molecule has 1 aromatic heterocycles. The van der Waals surface area contributed by atoms with E-state index in [0.717, 1.165) is 24.2 Å². The minimum atomic E-state index is 0.869. The molecule has 0 saturated carbocycles. The van der Waals surface area contributed by atoms with Crippen LogP contribution < -0.4 is 4.74 Å². The summed E-state index contributed by atoms with van der Waals surface area (Å²) >= 11 is 0. The molecule has 0 amide bonds. The molecule has 0 unspecified atom stereocenters. The third-order valence-corrected chi connectivity index (χ3v) is 3.16. The first-order valence-corrected chi connectivity index (χ1v) is 5.47. The maximum Gasteiger partial charge on any atom is 0.138 e. The molecule has 0 radical (unpaired) electrons. The molecule has 0 spiro atoms. The van der Waals surface area contributed by atoms with Crippen LogP contribution in [0.2, 0.25) is 0 Å². The number of hydrogen-bond donors (Lipinski definition) is 0. The van der Waals surface area contributed by atoms with Gasteiger partial charge >= 0.3 is 0 Å². The maximum absolute atomic E-state index is 5.85. The molecule has 3 rings (SSSR count). The third-order valence-electron chi connectivity index (χ3n) is 3.16. The van der Waals surface area contributed by atoms with Crippen molar-refractivity contribution in [1.29, 1.82) is 0 Å². The summed E-state index contributed by atoms with van der Waals surface area (Å²) in [6, 6.07) is 6.10. The molecule has 0 atom stereocenters. The fraction of sp³-hybridized carbons (Fsp3) is 0.385. The first kappa shape index (κ1) is 8.84. The summed E-state index contributed by atoms with van der Waals surface area (Å²) in [6.07, 6.45) is 4.79. The summed E-state index contributed by atoms with van der Waals surface area (Å²) in [5, 5.41) is 1.27. The predicted molar refractivity (Wildman–Crippen MR) is 59.4 cm³/mol. The second-order valence-electron chi connectivity index (χ2n) is 4.07. The fourth-order valence-corrected chi connectivity index (χ4v) is 2.37. The van der Waals surface area contributed by atoms with Gasteiger partial charge in [0, 0.05) is 23.4 Å². The van der Waals surface area contributed by atoms with Crippen LogP contribution in [0, 0.1) is 0 Å². The van der Waals surface area contributed by atoms with Gasteiger partial charge < -0.3 is 9.15 Å². The molecule has 0 aliphatic heterocycles. The highest BCUT2D eigenvalue weighted by Crippen LogP contribution is 2.33. The van der Waals surface area contributed by atoms with E-state index in [9.17, 15) is 0 Å². The van der Waals surface area contributed by atoms with Crippen molar-refractivity contribution in [3.63, 3.8) is 0 Å². The molecule has 78 valence electrons. The second-order valence-corrected chi connectivity index (χ2v) is 4.07. The van der Waals surface area contributed by atoms with Gasteiger partial charge in [0.2, 0.25) is 0 Å². The number of benzene rings is 1. The Bertz CT molecular complexity index is 496. The second kappa shape index (κ2) is 3.30. The zero-order valence-electron chi connectivity index (χ0n) is 8.88. The normalized spacial score (nSPS) is 15.3. The van der Waals surface area contributed by atoms with Crippen molar-refractivity contribution in [3.8, 4) is 5.75 Å². The topological polar surface area (TPSA) is 22.4 Å². The summed E-state index contributed by atoms with van der Waals surface area (Å²) in [5.41, 5.74) is 2.39. The predicted octanol–water partition coefficient (Wildman–Crippen LogP) is 3.32. The van der Waals surface area contributed by atoms with Gasteiger partial charge in [-0.2, -0.15) is 0 Å². The molecule has 1 aliphatic rings. The molecule has 0 fully saturated rings. The lowest BCUT2D eigenvalue weighted by atomic mass is 9.96. The molecule has 2 heteroatoms. The number of rotatable bonds is 1. The van der Waals surface area contributed by atoms with Crippen LogP contribution in [0.1, 0.15) is 24.2 Å². The van der Waals surface area contributed by atoms with Gasteiger partial charge in [-0.3, -0.25) is 0 Å². The van der Waals surface area contributed by atoms with E-state index >= 15 is 0 Å². The van der Waals surface area contributed by atoms with Crippen LogP contribution in [0.5, 0.6) is 5.75 Å². The Hall–Kier alpha value is -1.44. The molecule has 1 heterocycles. The van der Waals surface area contributed by atoms with Gasteiger partial charge in [0.1, 0.15) is 17.1 Å². The maximum atomic E-state index is 5.85.